The van der Waals surface area contributed by atoms with E-state index in [0.717, 1.165) is 0 Å². The third kappa shape index (κ3) is 2.77. The SMILES string of the molecule is CON=C1CC(S(=O)(=O)O)Oc2c(C)cc(C(=O)O)c(C)c21. The van der Waals surface area contributed by atoms with Crippen LogP contribution in [0.25, 0.3) is 0 Å². The predicted octanol–water partition coefficient (Wildman–Crippen LogP) is 1.35. The van der Waals surface area contributed by atoms with Gasteiger partial charge in [0.1, 0.15) is 12.9 Å². The van der Waals surface area contributed by atoms with Gasteiger partial charge in [-0.1, -0.05) is 5.16 Å². The first-order valence-corrected chi connectivity index (χ1v) is 7.78. The summed E-state index contributed by atoms with van der Waals surface area (Å²) in [5, 5.41) is 13.0. The van der Waals surface area contributed by atoms with Crippen molar-refractivity contribution in [3.63, 3.8) is 0 Å². The molecule has 1 aliphatic rings. The molecule has 0 aliphatic carbocycles. The Labute approximate surface area is 127 Å². The maximum absolute atomic E-state index is 11.4. The Balaban J connectivity index is 2.74. The highest BCUT2D eigenvalue weighted by Crippen LogP contribution is 2.37. The largest absolute Gasteiger partial charge is 0.478 e. The van der Waals surface area contributed by atoms with Gasteiger partial charge in [0.05, 0.1) is 11.3 Å². The van der Waals surface area contributed by atoms with E-state index in [1.807, 2.05) is 0 Å². The number of nitrogens with zero attached hydrogens (tertiary/aromatic N) is 1. The zero-order chi connectivity index (χ0) is 16.7. The van der Waals surface area contributed by atoms with Crippen LogP contribution in [0.2, 0.25) is 0 Å². The second-order valence-electron chi connectivity index (χ2n) is 4.86. The molecule has 0 amide bonds. The summed E-state index contributed by atoms with van der Waals surface area (Å²) in [5.41, 5.74) is -0.0568. The minimum absolute atomic E-state index is 0.0639. The smallest absolute Gasteiger partial charge is 0.335 e. The molecule has 1 unspecified atom stereocenters. The molecule has 1 aliphatic heterocycles. The summed E-state index contributed by atoms with van der Waals surface area (Å²) in [6, 6.07) is 1.38. The van der Waals surface area contributed by atoms with Crippen LogP contribution in [0.15, 0.2) is 11.2 Å². The predicted molar refractivity (Wildman–Crippen MR) is 77.0 cm³/mol. The Kier molecular flexibility index (Phi) is 4.12. The van der Waals surface area contributed by atoms with E-state index < -0.39 is 21.5 Å². The lowest BCUT2D eigenvalue weighted by Crippen LogP contribution is -2.35. The van der Waals surface area contributed by atoms with E-state index in [0.29, 0.717) is 16.7 Å². The summed E-state index contributed by atoms with van der Waals surface area (Å²) in [5.74, 6) is -0.941. The van der Waals surface area contributed by atoms with Gasteiger partial charge in [-0.25, -0.2) is 4.79 Å². The van der Waals surface area contributed by atoms with Crippen LogP contribution in [0.1, 0.15) is 33.5 Å². The molecule has 1 aromatic rings. The Morgan fingerprint density at radius 1 is 1.45 bits per heavy atom. The molecule has 2 N–H and O–H groups in total. The van der Waals surface area contributed by atoms with Crippen LogP contribution in [0.3, 0.4) is 0 Å². The number of hydrogen-bond acceptors (Lipinski definition) is 6. The van der Waals surface area contributed by atoms with Crippen LogP contribution in [0.5, 0.6) is 5.75 Å². The van der Waals surface area contributed by atoms with Crippen LogP contribution >= 0.6 is 0 Å². The van der Waals surface area contributed by atoms with Crippen molar-refractivity contribution in [2.45, 2.75) is 25.7 Å². The monoisotopic (exact) mass is 329 g/mol. The van der Waals surface area contributed by atoms with Crippen molar-refractivity contribution in [3.05, 3.63) is 28.3 Å². The van der Waals surface area contributed by atoms with E-state index in [-0.39, 0.29) is 23.4 Å². The molecule has 8 nitrogen and oxygen atoms in total. The molecule has 1 aromatic carbocycles. The number of fused-ring (bicyclic) bond motifs is 1. The molecule has 0 fully saturated rings. The van der Waals surface area contributed by atoms with Gasteiger partial charge in [0.15, 0.2) is 0 Å². The highest BCUT2D eigenvalue weighted by atomic mass is 32.2. The fourth-order valence-electron chi connectivity index (χ4n) is 2.41. The Bertz CT molecular complexity index is 767. The number of aromatic carboxylic acids is 1. The van der Waals surface area contributed by atoms with Gasteiger partial charge in [0.2, 0.25) is 5.44 Å². The van der Waals surface area contributed by atoms with Crippen molar-refractivity contribution in [3.8, 4) is 5.75 Å². The summed E-state index contributed by atoms with van der Waals surface area (Å²) in [6.07, 6.45) is -0.247. The molecule has 1 atom stereocenters. The number of benzene rings is 1. The van der Waals surface area contributed by atoms with Gasteiger partial charge in [-0.3, -0.25) is 4.55 Å². The lowest BCUT2D eigenvalue weighted by atomic mass is 9.92. The maximum atomic E-state index is 11.4. The quantitative estimate of drug-likeness (QED) is 0.634. The molecule has 0 saturated carbocycles. The topological polar surface area (TPSA) is 122 Å². The fraction of sp³-hybridized carbons (Fsp3) is 0.385. The molecule has 9 heteroatoms. The second kappa shape index (κ2) is 5.58. The Hall–Kier alpha value is -2.13. The zero-order valence-corrected chi connectivity index (χ0v) is 13.0. The number of carboxylic acids is 1. The molecular weight excluding hydrogens is 314 g/mol. The van der Waals surface area contributed by atoms with E-state index in [1.165, 1.54) is 13.2 Å². The van der Waals surface area contributed by atoms with Crippen molar-refractivity contribution in [1.82, 2.24) is 0 Å². The van der Waals surface area contributed by atoms with Crippen LogP contribution in [-0.4, -0.2) is 42.3 Å². The first-order valence-electron chi connectivity index (χ1n) is 6.27. The average Bonchev–Trinajstić information content (AvgIpc) is 2.41. The van der Waals surface area contributed by atoms with Crippen molar-refractivity contribution in [2.24, 2.45) is 5.16 Å². The van der Waals surface area contributed by atoms with E-state index in [2.05, 4.69) is 5.16 Å². The highest BCUT2D eigenvalue weighted by molar-refractivity contribution is 7.86. The summed E-state index contributed by atoms with van der Waals surface area (Å²) in [7, 11) is -3.17. The van der Waals surface area contributed by atoms with Gasteiger partial charge in [-0.15, -0.1) is 0 Å². The van der Waals surface area contributed by atoms with Crippen molar-refractivity contribution in [2.75, 3.05) is 7.11 Å². The molecule has 0 bridgehead atoms. The van der Waals surface area contributed by atoms with Gasteiger partial charge in [-0.05, 0) is 31.0 Å². The summed E-state index contributed by atoms with van der Waals surface area (Å²) >= 11 is 0. The van der Waals surface area contributed by atoms with Crippen LogP contribution in [0, 0.1) is 13.8 Å². The van der Waals surface area contributed by atoms with Gasteiger partial charge in [0.25, 0.3) is 0 Å². The molecular formula is C13H15NO7S. The third-order valence-electron chi connectivity index (χ3n) is 3.39. The number of rotatable bonds is 3. The third-order valence-corrected chi connectivity index (χ3v) is 4.31. The van der Waals surface area contributed by atoms with Crippen molar-refractivity contribution in [1.29, 1.82) is 0 Å². The maximum Gasteiger partial charge on any atom is 0.335 e. The molecule has 22 heavy (non-hydrogen) atoms. The van der Waals surface area contributed by atoms with Gasteiger partial charge in [-0.2, -0.15) is 8.42 Å². The molecule has 0 saturated heterocycles. The van der Waals surface area contributed by atoms with Crippen LogP contribution in [-0.2, 0) is 15.0 Å². The van der Waals surface area contributed by atoms with Gasteiger partial charge >= 0.3 is 16.1 Å². The van der Waals surface area contributed by atoms with E-state index in [1.54, 1.807) is 13.8 Å². The second-order valence-corrected chi connectivity index (χ2v) is 6.42. The zero-order valence-electron chi connectivity index (χ0n) is 12.2. The minimum atomic E-state index is -4.45. The molecule has 0 spiro atoms. The summed E-state index contributed by atoms with van der Waals surface area (Å²) in [6.45, 7) is 3.16. The van der Waals surface area contributed by atoms with Crippen molar-refractivity contribution >= 4 is 21.8 Å². The highest BCUT2D eigenvalue weighted by Gasteiger charge is 2.36. The first-order chi connectivity index (χ1) is 10.2. The van der Waals surface area contributed by atoms with E-state index in [4.69, 9.17) is 9.57 Å². The van der Waals surface area contributed by atoms with Gasteiger partial charge in [0, 0.05) is 12.0 Å². The number of ether oxygens (including phenoxy) is 1. The number of aryl methyl sites for hydroxylation is 1. The number of hydrogen-bond donors (Lipinski definition) is 2. The van der Waals surface area contributed by atoms with E-state index >= 15 is 0 Å². The lowest BCUT2D eigenvalue weighted by Gasteiger charge is -2.28. The number of carbonyl (C=O) groups is 1. The summed E-state index contributed by atoms with van der Waals surface area (Å²) < 4.78 is 37.3. The molecule has 0 aromatic heterocycles. The fourth-order valence-corrected chi connectivity index (χ4v) is 2.99. The van der Waals surface area contributed by atoms with Crippen molar-refractivity contribution < 1.29 is 32.4 Å². The molecule has 120 valence electrons. The van der Waals surface area contributed by atoms with Crippen LogP contribution < -0.4 is 4.74 Å². The molecule has 1 heterocycles. The Morgan fingerprint density at radius 3 is 2.59 bits per heavy atom. The minimum Gasteiger partial charge on any atom is -0.478 e. The number of oxime groups is 1. The standard InChI is InChI=1S/C13H15NO7S/c1-6-4-8(13(15)16)7(2)11-9(14-20-3)5-10(21-12(6)11)22(17,18)19/h4,10H,5H2,1-3H3,(H,15,16)(H,17,18,19). The van der Waals surface area contributed by atoms with Crippen LogP contribution in [0.4, 0.5) is 0 Å². The lowest BCUT2D eigenvalue weighted by molar-refractivity contribution is 0.0695. The molecule has 0 radical (unpaired) electrons. The number of carboxylic acid groups (broad SMARTS) is 1. The molecule has 2 rings (SSSR count). The van der Waals surface area contributed by atoms with Gasteiger partial charge < -0.3 is 14.7 Å². The van der Waals surface area contributed by atoms with E-state index in [9.17, 15) is 22.9 Å². The summed E-state index contributed by atoms with van der Waals surface area (Å²) in [4.78, 5) is 16.0. The normalized spacial score (nSPS) is 19.5. The Morgan fingerprint density at radius 2 is 2.09 bits per heavy atom. The first kappa shape index (κ1) is 16.2. The average molecular weight is 329 g/mol.